The first kappa shape index (κ1) is 12.7. The van der Waals surface area contributed by atoms with Crippen molar-refractivity contribution in [2.45, 2.75) is 33.2 Å². The van der Waals surface area contributed by atoms with Gasteiger partial charge in [-0.1, -0.05) is 56.3 Å². The SMILES string of the molecule is CC.c1ccc2c(c1)CCc1ccccc1NC2. The lowest BCUT2D eigenvalue weighted by atomic mass is 9.97. The summed E-state index contributed by atoms with van der Waals surface area (Å²) in [6.07, 6.45) is 2.27. The molecule has 1 N–H and O–H groups in total. The predicted octanol–water partition coefficient (Wildman–Crippen LogP) is 4.42. The molecule has 3 rings (SSSR count). The first-order valence-corrected chi connectivity index (χ1v) is 6.82. The molecule has 1 heterocycles. The number of benzene rings is 2. The van der Waals surface area contributed by atoms with Crippen LogP contribution in [0.2, 0.25) is 0 Å². The van der Waals surface area contributed by atoms with Crippen LogP contribution in [0, 0.1) is 0 Å². The lowest BCUT2D eigenvalue weighted by molar-refractivity contribution is 0.911. The summed E-state index contributed by atoms with van der Waals surface area (Å²) < 4.78 is 0. The fourth-order valence-corrected chi connectivity index (χ4v) is 2.34. The largest absolute Gasteiger partial charge is 0.381 e. The lowest BCUT2D eigenvalue weighted by Gasteiger charge is -2.18. The molecular weight excluding hydrogens is 218 g/mol. The van der Waals surface area contributed by atoms with Gasteiger partial charge in [-0.2, -0.15) is 0 Å². The van der Waals surface area contributed by atoms with Crippen LogP contribution in [0.4, 0.5) is 5.69 Å². The van der Waals surface area contributed by atoms with Crippen molar-refractivity contribution in [1.29, 1.82) is 0 Å². The van der Waals surface area contributed by atoms with Gasteiger partial charge in [0.2, 0.25) is 0 Å². The maximum atomic E-state index is 3.52. The van der Waals surface area contributed by atoms with Gasteiger partial charge < -0.3 is 5.32 Å². The van der Waals surface area contributed by atoms with E-state index in [1.165, 1.54) is 22.4 Å². The van der Waals surface area contributed by atoms with Crippen LogP contribution in [0.5, 0.6) is 0 Å². The standard InChI is InChI=1S/C15H15N.C2H6/c1-2-7-14-11-16-15-8-4-3-6-13(15)10-9-12(14)5-1;1-2/h1-8,16H,9-11H2;1-2H3. The Kier molecular flexibility index (Phi) is 4.40. The van der Waals surface area contributed by atoms with Crippen molar-refractivity contribution < 1.29 is 0 Å². The second-order valence-electron chi connectivity index (χ2n) is 4.28. The van der Waals surface area contributed by atoms with E-state index in [0.29, 0.717) is 0 Å². The van der Waals surface area contributed by atoms with E-state index in [1.807, 2.05) is 13.8 Å². The molecule has 2 aromatic rings. The molecule has 1 aliphatic heterocycles. The van der Waals surface area contributed by atoms with Gasteiger partial charge in [0.05, 0.1) is 0 Å². The molecule has 2 aromatic carbocycles. The van der Waals surface area contributed by atoms with Crippen molar-refractivity contribution in [3.05, 3.63) is 65.2 Å². The summed E-state index contributed by atoms with van der Waals surface area (Å²) >= 11 is 0. The quantitative estimate of drug-likeness (QED) is 0.717. The van der Waals surface area contributed by atoms with Crippen molar-refractivity contribution in [3.8, 4) is 0 Å². The van der Waals surface area contributed by atoms with Crippen LogP contribution in [0.15, 0.2) is 48.5 Å². The Balaban J connectivity index is 0.000000574. The van der Waals surface area contributed by atoms with Crippen LogP contribution in [-0.2, 0) is 19.4 Å². The van der Waals surface area contributed by atoms with Crippen molar-refractivity contribution >= 4 is 5.69 Å². The van der Waals surface area contributed by atoms with E-state index in [0.717, 1.165) is 19.4 Å². The Bertz CT molecular complexity index is 409. The molecule has 0 saturated heterocycles. The maximum Gasteiger partial charge on any atom is 0.0403 e. The first-order chi connectivity index (χ1) is 8.93. The minimum atomic E-state index is 0.938. The number of fused-ring (bicyclic) bond motifs is 2. The summed E-state index contributed by atoms with van der Waals surface area (Å²) in [7, 11) is 0. The smallest absolute Gasteiger partial charge is 0.0403 e. The number of para-hydroxylation sites is 1. The summed E-state index contributed by atoms with van der Waals surface area (Å²) in [5, 5.41) is 3.52. The van der Waals surface area contributed by atoms with Crippen LogP contribution < -0.4 is 5.32 Å². The zero-order valence-corrected chi connectivity index (χ0v) is 11.2. The van der Waals surface area contributed by atoms with Crippen molar-refractivity contribution in [3.63, 3.8) is 0 Å². The average Bonchev–Trinajstić information content (AvgIpc) is 2.44. The summed E-state index contributed by atoms with van der Waals surface area (Å²) in [5.41, 5.74) is 5.62. The third kappa shape index (κ3) is 2.73. The van der Waals surface area contributed by atoms with Gasteiger partial charge in [-0.15, -0.1) is 0 Å². The third-order valence-electron chi connectivity index (χ3n) is 3.27. The fraction of sp³-hybridized carbons (Fsp3) is 0.294. The molecule has 94 valence electrons. The summed E-state index contributed by atoms with van der Waals surface area (Å²) in [5.74, 6) is 0. The highest BCUT2D eigenvalue weighted by Gasteiger charge is 2.09. The van der Waals surface area contributed by atoms with E-state index < -0.39 is 0 Å². The Morgan fingerprint density at radius 2 is 1.28 bits per heavy atom. The summed E-state index contributed by atoms with van der Waals surface area (Å²) in [6, 6.07) is 17.3. The first-order valence-electron chi connectivity index (χ1n) is 6.82. The van der Waals surface area contributed by atoms with Crippen molar-refractivity contribution in [1.82, 2.24) is 0 Å². The molecule has 0 bridgehead atoms. The summed E-state index contributed by atoms with van der Waals surface area (Å²) in [4.78, 5) is 0. The van der Waals surface area contributed by atoms with Crippen LogP contribution >= 0.6 is 0 Å². The molecule has 0 atom stereocenters. The molecule has 0 fully saturated rings. The van der Waals surface area contributed by atoms with E-state index in [2.05, 4.69) is 53.8 Å². The molecule has 0 saturated carbocycles. The number of nitrogens with one attached hydrogen (secondary N) is 1. The number of anilines is 1. The molecule has 0 amide bonds. The monoisotopic (exact) mass is 239 g/mol. The van der Waals surface area contributed by atoms with Gasteiger partial charge in [0.15, 0.2) is 0 Å². The van der Waals surface area contributed by atoms with Crippen LogP contribution in [0.3, 0.4) is 0 Å². The second-order valence-corrected chi connectivity index (χ2v) is 4.28. The van der Waals surface area contributed by atoms with Crippen molar-refractivity contribution in [2.24, 2.45) is 0 Å². The van der Waals surface area contributed by atoms with Gasteiger partial charge in [-0.3, -0.25) is 0 Å². The molecule has 18 heavy (non-hydrogen) atoms. The van der Waals surface area contributed by atoms with Gasteiger partial charge in [0, 0.05) is 12.2 Å². The molecule has 0 spiro atoms. The predicted molar refractivity (Wildman–Crippen MR) is 79.0 cm³/mol. The highest BCUT2D eigenvalue weighted by Crippen LogP contribution is 2.23. The lowest BCUT2D eigenvalue weighted by Crippen LogP contribution is -2.09. The number of rotatable bonds is 0. The summed E-state index contributed by atoms with van der Waals surface area (Å²) in [6.45, 7) is 4.94. The second kappa shape index (κ2) is 6.25. The number of hydrogen-bond acceptors (Lipinski definition) is 1. The highest BCUT2D eigenvalue weighted by atomic mass is 14.9. The van der Waals surface area contributed by atoms with E-state index in [4.69, 9.17) is 0 Å². The molecule has 0 aromatic heterocycles. The van der Waals surface area contributed by atoms with Crippen LogP contribution in [-0.4, -0.2) is 0 Å². The molecule has 1 heteroatoms. The zero-order valence-electron chi connectivity index (χ0n) is 11.2. The Hall–Kier alpha value is -1.76. The van der Waals surface area contributed by atoms with E-state index in [9.17, 15) is 0 Å². The fourth-order valence-electron chi connectivity index (χ4n) is 2.34. The molecule has 0 unspecified atom stereocenters. The minimum Gasteiger partial charge on any atom is -0.381 e. The van der Waals surface area contributed by atoms with Crippen molar-refractivity contribution in [2.75, 3.05) is 5.32 Å². The average molecular weight is 239 g/mol. The normalized spacial score (nSPS) is 12.8. The maximum absolute atomic E-state index is 3.52. The van der Waals surface area contributed by atoms with Gasteiger partial charge in [0.25, 0.3) is 0 Å². The number of aryl methyl sites for hydroxylation is 2. The Morgan fingerprint density at radius 3 is 2.06 bits per heavy atom. The molecule has 1 nitrogen and oxygen atoms in total. The topological polar surface area (TPSA) is 12.0 Å². The van der Waals surface area contributed by atoms with E-state index in [1.54, 1.807) is 0 Å². The number of hydrogen-bond donors (Lipinski definition) is 1. The molecular formula is C17H21N. The minimum absolute atomic E-state index is 0.938. The van der Waals surface area contributed by atoms with E-state index in [-0.39, 0.29) is 0 Å². The Morgan fingerprint density at radius 1 is 0.722 bits per heavy atom. The third-order valence-corrected chi connectivity index (χ3v) is 3.27. The molecule has 0 aliphatic carbocycles. The molecule has 1 aliphatic rings. The van der Waals surface area contributed by atoms with Crippen LogP contribution in [0.25, 0.3) is 0 Å². The Labute approximate surface area is 110 Å². The van der Waals surface area contributed by atoms with Gasteiger partial charge >= 0.3 is 0 Å². The highest BCUT2D eigenvalue weighted by molar-refractivity contribution is 5.53. The molecule has 0 radical (unpaired) electrons. The zero-order chi connectivity index (χ0) is 12.8. The van der Waals surface area contributed by atoms with E-state index >= 15 is 0 Å². The van der Waals surface area contributed by atoms with Gasteiger partial charge in [-0.25, -0.2) is 0 Å². The van der Waals surface area contributed by atoms with Gasteiger partial charge in [0.1, 0.15) is 0 Å². The van der Waals surface area contributed by atoms with Gasteiger partial charge in [-0.05, 0) is 35.6 Å². The van der Waals surface area contributed by atoms with Crippen LogP contribution in [0.1, 0.15) is 30.5 Å².